The van der Waals surface area contributed by atoms with Crippen LogP contribution in [0, 0.1) is 0 Å². The molecule has 0 aliphatic carbocycles. The quantitative estimate of drug-likeness (QED) is 0.288. The van der Waals surface area contributed by atoms with Crippen molar-refractivity contribution in [1.29, 1.82) is 0 Å². The lowest BCUT2D eigenvalue weighted by molar-refractivity contribution is -0.0549. The van der Waals surface area contributed by atoms with Gasteiger partial charge >= 0.3 is 5.69 Å². The monoisotopic (exact) mass is 258 g/mol. The van der Waals surface area contributed by atoms with E-state index >= 15 is 0 Å². The third-order valence-electron chi connectivity index (χ3n) is 2.77. The van der Waals surface area contributed by atoms with Gasteiger partial charge in [0.15, 0.2) is 6.23 Å². The second-order valence-electron chi connectivity index (χ2n) is 3.88. The van der Waals surface area contributed by atoms with E-state index in [1.807, 2.05) is 0 Å². The topological polar surface area (TPSA) is 143 Å². The van der Waals surface area contributed by atoms with Crippen molar-refractivity contribution in [3.8, 4) is 0 Å². The molecule has 4 atom stereocenters. The molecule has 1 aliphatic rings. The van der Waals surface area contributed by atoms with E-state index in [0.29, 0.717) is 0 Å². The molecule has 1 aromatic rings. The molecule has 2 heterocycles. The second-order valence-corrected chi connectivity index (χ2v) is 3.88. The Morgan fingerprint density at radius 1 is 1.50 bits per heavy atom. The molecule has 1 saturated heterocycles. The van der Waals surface area contributed by atoms with Crippen LogP contribution in [0.25, 0.3) is 0 Å². The minimum atomic E-state index is -1.32. The molecule has 18 heavy (non-hydrogen) atoms. The fourth-order valence-electron chi connectivity index (χ4n) is 1.80. The lowest BCUT2D eigenvalue weighted by Crippen LogP contribution is -2.36. The van der Waals surface area contributed by atoms with Crippen molar-refractivity contribution in [3.63, 3.8) is 0 Å². The first-order valence-electron chi connectivity index (χ1n) is 5.26. The van der Waals surface area contributed by atoms with Crippen molar-refractivity contribution in [3.05, 3.63) is 22.7 Å². The van der Waals surface area contributed by atoms with Crippen LogP contribution < -0.4 is 17.0 Å². The normalized spacial score (nSPS) is 31.6. The Morgan fingerprint density at radius 2 is 2.22 bits per heavy atom. The summed E-state index contributed by atoms with van der Waals surface area (Å²) in [5, 5.41) is 28.3. The zero-order valence-electron chi connectivity index (χ0n) is 9.30. The molecule has 6 N–H and O–H groups in total. The zero-order chi connectivity index (χ0) is 13.3. The number of anilines is 1. The fraction of sp³-hybridized carbons (Fsp3) is 0.556. The number of aromatic nitrogens is 2. The van der Waals surface area contributed by atoms with E-state index in [1.54, 1.807) is 0 Å². The molecule has 0 unspecified atom stereocenters. The zero-order valence-corrected chi connectivity index (χ0v) is 9.30. The number of aliphatic hydroxyl groups excluding tert-OH is 3. The predicted octanol–water partition coefficient (Wildman–Crippen LogP) is -2.86. The van der Waals surface area contributed by atoms with Gasteiger partial charge in [0.2, 0.25) is 0 Å². The summed E-state index contributed by atoms with van der Waals surface area (Å²) < 4.78 is 6.22. The Balaban J connectivity index is 2.30. The van der Waals surface area contributed by atoms with Crippen LogP contribution in [0.5, 0.6) is 0 Å². The molecule has 0 amide bonds. The average Bonchev–Trinajstić information content (AvgIpc) is 2.66. The van der Waals surface area contributed by atoms with Crippen molar-refractivity contribution in [2.24, 2.45) is 5.84 Å². The van der Waals surface area contributed by atoms with E-state index in [-0.39, 0.29) is 5.82 Å². The van der Waals surface area contributed by atoms with Gasteiger partial charge in [0, 0.05) is 6.20 Å². The molecule has 0 saturated carbocycles. The van der Waals surface area contributed by atoms with Crippen molar-refractivity contribution in [1.82, 2.24) is 9.55 Å². The first kappa shape index (κ1) is 12.9. The van der Waals surface area contributed by atoms with E-state index in [9.17, 15) is 15.0 Å². The summed E-state index contributed by atoms with van der Waals surface area (Å²) in [5.41, 5.74) is 1.51. The van der Waals surface area contributed by atoms with E-state index in [1.165, 1.54) is 12.3 Å². The number of rotatable bonds is 3. The third-order valence-corrected chi connectivity index (χ3v) is 2.77. The molecule has 2 rings (SSSR count). The van der Waals surface area contributed by atoms with Gasteiger partial charge in [0.05, 0.1) is 6.61 Å². The van der Waals surface area contributed by atoms with E-state index in [4.69, 9.17) is 15.7 Å². The molecular weight excluding hydrogens is 244 g/mol. The molecule has 0 radical (unpaired) electrons. The first-order valence-corrected chi connectivity index (χ1v) is 5.26. The number of nitrogen functional groups attached to an aromatic ring is 1. The second kappa shape index (κ2) is 5.00. The number of nitrogens with two attached hydrogens (primary N) is 1. The number of hydrogen-bond donors (Lipinski definition) is 5. The predicted molar refractivity (Wildman–Crippen MR) is 59.3 cm³/mol. The molecule has 1 fully saturated rings. The maximum Gasteiger partial charge on any atom is 0.351 e. The van der Waals surface area contributed by atoms with Crippen LogP contribution in [0.15, 0.2) is 17.1 Å². The van der Waals surface area contributed by atoms with Crippen LogP contribution in [-0.4, -0.2) is 49.8 Å². The van der Waals surface area contributed by atoms with Crippen molar-refractivity contribution >= 4 is 5.82 Å². The fourth-order valence-corrected chi connectivity index (χ4v) is 1.80. The van der Waals surface area contributed by atoms with Crippen LogP contribution in [0.1, 0.15) is 6.23 Å². The SMILES string of the molecule is NNc1ccn([C@@H]2O[C@H](CO)[C@@H](O)[C@@H]2O)c(=O)n1. The molecule has 100 valence electrons. The van der Waals surface area contributed by atoms with Crippen LogP contribution in [0.3, 0.4) is 0 Å². The molecule has 1 aromatic heterocycles. The summed E-state index contributed by atoms with van der Waals surface area (Å²) in [6.07, 6.45) is -3.30. The maximum absolute atomic E-state index is 11.7. The highest BCUT2D eigenvalue weighted by molar-refractivity contribution is 5.29. The summed E-state index contributed by atoms with van der Waals surface area (Å²) in [4.78, 5) is 15.2. The smallest absolute Gasteiger partial charge is 0.351 e. The van der Waals surface area contributed by atoms with Gasteiger partial charge in [-0.15, -0.1) is 0 Å². The number of ether oxygens (including phenoxy) is 1. The highest BCUT2D eigenvalue weighted by Gasteiger charge is 2.43. The Morgan fingerprint density at radius 3 is 2.72 bits per heavy atom. The minimum Gasteiger partial charge on any atom is -0.394 e. The molecule has 1 aliphatic heterocycles. The summed E-state index contributed by atoms with van der Waals surface area (Å²) in [7, 11) is 0. The summed E-state index contributed by atoms with van der Waals surface area (Å²) >= 11 is 0. The molecule has 0 aromatic carbocycles. The molecular formula is C9H14N4O5. The first-order chi connectivity index (χ1) is 8.58. The van der Waals surface area contributed by atoms with Gasteiger partial charge in [0.1, 0.15) is 24.1 Å². The third kappa shape index (κ3) is 2.09. The molecule has 9 heteroatoms. The number of nitrogens with one attached hydrogen (secondary N) is 1. The van der Waals surface area contributed by atoms with E-state index < -0.39 is 36.8 Å². The van der Waals surface area contributed by atoms with Gasteiger partial charge in [-0.2, -0.15) is 4.98 Å². The highest BCUT2D eigenvalue weighted by Crippen LogP contribution is 2.27. The van der Waals surface area contributed by atoms with Crippen LogP contribution >= 0.6 is 0 Å². The number of hydrazine groups is 1. The van der Waals surface area contributed by atoms with Gasteiger partial charge in [-0.3, -0.25) is 4.57 Å². The van der Waals surface area contributed by atoms with Crippen molar-refractivity contribution < 1.29 is 20.1 Å². The van der Waals surface area contributed by atoms with Gasteiger partial charge < -0.3 is 25.5 Å². The van der Waals surface area contributed by atoms with Crippen molar-refractivity contribution in [2.45, 2.75) is 24.5 Å². The Bertz CT molecular complexity index is 478. The minimum absolute atomic E-state index is 0.169. The number of aliphatic hydroxyl groups is 3. The van der Waals surface area contributed by atoms with Gasteiger partial charge in [-0.25, -0.2) is 10.6 Å². The molecule has 0 bridgehead atoms. The maximum atomic E-state index is 11.7. The van der Waals surface area contributed by atoms with Gasteiger partial charge in [-0.05, 0) is 6.07 Å². The average molecular weight is 258 g/mol. The summed E-state index contributed by atoms with van der Waals surface area (Å²) in [6.45, 7) is -0.459. The number of hydrogen-bond acceptors (Lipinski definition) is 8. The number of nitrogens with zero attached hydrogens (tertiary/aromatic N) is 2. The van der Waals surface area contributed by atoms with Crippen LogP contribution in [0.4, 0.5) is 5.82 Å². The standard InChI is InChI=1S/C9H14N4O5/c10-12-5-1-2-13(9(17)11-5)8-7(16)6(15)4(3-14)18-8/h1-2,4,6-8,14-16H,3,10H2,(H,11,12,17)/t4-,6-,7+,8-/m1/s1. The molecule has 9 nitrogen and oxygen atoms in total. The van der Waals surface area contributed by atoms with Crippen LogP contribution in [-0.2, 0) is 4.74 Å². The summed E-state index contributed by atoms with van der Waals surface area (Å²) in [6, 6.07) is 1.41. The Hall–Kier alpha value is -1.52. The lowest BCUT2D eigenvalue weighted by atomic mass is 10.1. The van der Waals surface area contributed by atoms with Crippen molar-refractivity contribution in [2.75, 3.05) is 12.0 Å². The van der Waals surface area contributed by atoms with E-state index in [0.717, 1.165) is 4.57 Å². The summed E-state index contributed by atoms with van der Waals surface area (Å²) in [5.74, 6) is 5.27. The van der Waals surface area contributed by atoms with Gasteiger partial charge in [0.25, 0.3) is 0 Å². The molecule has 0 spiro atoms. The Labute approximate surface area is 101 Å². The highest BCUT2D eigenvalue weighted by atomic mass is 16.6. The van der Waals surface area contributed by atoms with E-state index in [2.05, 4.69) is 10.4 Å². The van der Waals surface area contributed by atoms with Gasteiger partial charge in [-0.1, -0.05) is 0 Å². The largest absolute Gasteiger partial charge is 0.394 e. The Kier molecular flexibility index (Phi) is 3.59. The van der Waals surface area contributed by atoms with Crippen LogP contribution in [0.2, 0.25) is 0 Å². The lowest BCUT2D eigenvalue weighted by Gasteiger charge is -2.17.